The van der Waals surface area contributed by atoms with E-state index in [0.29, 0.717) is 34.4 Å². The summed E-state index contributed by atoms with van der Waals surface area (Å²) in [6, 6.07) is 23.2. The lowest BCUT2D eigenvalue weighted by Gasteiger charge is -2.10. The number of nitrogen functional groups attached to an aromatic ring is 2. The van der Waals surface area contributed by atoms with Crippen LogP contribution in [-0.4, -0.2) is 8.42 Å². The zero-order chi connectivity index (χ0) is 23.6. The van der Waals surface area contributed by atoms with Crippen molar-refractivity contribution < 1.29 is 17.9 Å². The Labute approximate surface area is 200 Å². The third-order valence-corrected chi connectivity index (χ3v) is 7.06. The summed E-state index contributed by atoms with van der Waals surface area (Å²) in [7, 11) is -3.70. The van der Waals surface area contributed by atoms with Gasteiger partial charge in [-0.15, -0.1) is 0 Å². The molecule has 0 unspecified atom stereocenters. The smallest absolute Gasteiger partial charge is 0.206 e. The first-order chi connectivity index (χ1) is 15.7. The zero-order valence-electron chi connectivity index (χ0n) is 17.7. The SMILES string of the molecule is Cc1cc(Br)cc(Oc2ccc(S(=O)(=O)c3ccc(Oc4ccc(N)c(N)c4)cc3)cc2)c1. The molecule has 4 rings (SSSR count). The van der Waals surface area contributed by atoms with E-state index in [0.717, 1.165) is 10.0 Å². The van der Waals surface area contributed by atoms with Crippen LogP contribution in [0.5, 0.6) is 23.0 Å². The summed E-state index contributed by atoms with van der Waals surface area (Å²) < 4.78 is 38.5. The Morgan fingerprint density at radius 2 is 1.15 bits per heavy atom. The molecule has 0 spiro atoms. The van der Waals surface area contributed by atoms with Crippen molar-refractivity contribution in [2.45, 2.75) is 16.7 Å². The number of sulfone groups is 1. The number of ether oxygens (including phenoxy) is 2. The van der Waals surface area contributed by atoms with Crippen LogP contribution in [0.25, 0.3) is 0 Å². The van der Waals surface area contributed by atoms with Gasteiger partial charge in [-0.2, -0.15) is 0 Å². The van der Waals surface area contributed by atoms with Gasteiger partial charge >= 0.3 is 0 Å². The van der Waals surface area contributed by atoms with Crippen LogP contribution < -0.4 is 20.9 Å². The molecule has 4 N–H and O–H groups in total. The van der Waals surface area contributed by atoms with Crippen LogP contribution in [0.15, 0.2) is 99.2 Å². The summed E-state index contributed by atoms with van der Waals surface area (Å²) in [6.45, 7) is 1.97. The Hall–Kier alpha value is -3.49. The van der Waals surface area contributed by atoms with Crippen molar-refractivity contribution in [1.82, 2.24) is 0 Å². The van der Waals surface area contributed by atoms with Crippen molar-refractivity contribution in [3.63, 3.8) is 0 Å². The van der Waals surface area contributed by atoms with Crippen LogP contribution >= 0.6 is 15.9 Å². The normalized spacial score (nSPS) is 11.2. The molecule has 0 aliphatic rings. The molecule has 0 bridgehead atoms. The molecule has 0 saturated heterocycles. The molecule has 0 aromatic heterocycles. The Balaban J connectivity index is 1.49. The molecule has 168 valence electrons. The minimum Gasteiger partial charge on any atom is -0.457 e. The molecule has 0 aliphatic carbocycles. The predicted molar refractivity (Wildman–Crippen MR) is 133 cm³/mol. The maximum absolute atomic E-state index is 13.0. The van der Waals surface area contributed by atoms with Gasteiger partial charge in [-0.05, 0) is 91.3 Å². The van der Waals surface area contributed by atoms with Crippen LogP contribution in [0.2, 0.25) is 0 Å². The van der Waals surface area contributed by atoms with E-state index in [1.165, 1.54) is 24.3 Å². The lowest BCUT2D eigenvalue weighted by Crippen LogP contribution is -2.02. The number of halogens is 1. The number of aryl methyl sites for hydroxylation is 1. The number of benzene rings is 4. The standard InChI is InChI=1S/C25H21BrN2O4S/c1-16-12-17(26)14-21(13-16)32-19-4-9-23(10-5-19)33(29,30)22-7-2-18(3-8-22)31-20-6-11-24(27)25(28)15-20/h2-15H,27-28H2,1H3. The highest BCUT2D eigenvalue weighted by Crippen LogP contribution is 2.30. The first-order valence-corrected chi connectivity index (χ1v) is 12.2. The van der Waals surface area contributed by atoms with E-state index in [4.69, 9.17) is 20.9 Å². The van der Waals surface area contributed by atoms with Gasteiger partial charge in [-0.25, -0.2) is 8.42 Å². The van der Waals surface area contributed by atoms with Gasteiger partial charge in [0, 0.05) is 10.5 Å². The molecule has 0 aliphatic heterocycles. The molecule has 8 heteroatoms. The van der Waals surface area contributed by atoms with Gasteiger partial charge < -0.3 is 20.9 Å². The van der Waals surface area contributed by atoms with Crippen LogP contribution in [0.4, 0.5) is 11.4 Å². The second-order valence-electron chi connectivity index (χ2n) is 7.41. The Kier molecular flexibility index (Phi) is 6.31. The first-order valence-electron chi connectivity index (χ1n) is 9.94. The summed E-state index contributed by atoms with van der Waals surface area (Å²) in [5.74, 6) is 2.19. The van der Waals surface area contributed by atoms with Crippen LogP contribution in [0.3, 0.4) is 0 Å². The van der Waals surface area contributed by atoms with Gasteiger partial charge in [0.2, 0.25) is 9.84 Å². The molecule has 0 amide bonds. The van der Waals surface area contributed by atoms with E-state index in [1.807, 2.05) is 25.1 Å². The van der Waals surface area contributed by atoms with E-state index in [-0.39, 0.29) is 9.79 Å². The summed E-state index contributed by atoms with van der Waals surface area (Å²) in [5.41, 5.74) is 13.4. The maximum Gasteiger partial charge on any atom is 0.206 e. The second kappa shape index (κ2) is 9.17. The molecule has 0 atom stereocenters. The van der Waals surface area contributed by atoms with Crippen LogP contribution in [0.1, 0.15) is 5.56 Å². The molecule has 4 aromatic carbocycles. The van der Waals surface area contributed by atoms with Gasteiger partial charge in [-0.1, -0.05) is 15.9 Å². The van der Waals surface area contributed by atoms with Crippen molar-refractivity contribution in [3.05, 3.63) is 95.0 Å². The lowest BCUT2D eigenvalue weighted by molar-refractivity contribution is 0.481. The number of rotatable bonds is 6. The van der Waals surface area contributed by atoms with E-state index >= 15 is 0 Å². The molecule has 33 heavy (non-hydrogen) atoms. The largest absolute Gasteiger partial charge is 0.457 e. The third-order valence-electron chi connectivity index (χ3n) is 4.81. The quantitative estimate of drug-likeness (QED) is 0.285. The average Bonchev–Trinajstić information content (AvgIpc) is 2.76. The molecular formula is C25H21BrN2O4S. The van der Waals surface area contributed by atoms with Crippen LogP contribution in [-0.2, 0) is 9.84 Å². The summed E-state index contributed by atoms with van der Waals surface area (Å²) in [4.78, 5) is 0.322. The Morgan fingerprint density at radius 1 is 0.636 bits per heavy atom. The molecule has 0 heterocycles. The molecule has 0 saturated carbocycles. The number of hydrogen-bond acceptors (Lipinski definition) is 6. The summed E-state index contributed by atoms with van der Waals surface area (Å²) in [6.07, 6.45) is 0. The molecule has 6 nitrogen and oxygen atoms in total. The van der Waals surface area contributed by atoms with Gasteiger partial charge in [0.1, 0.15) is 23.0 Å². The van der Waals surface area contributed by atoms with Gasteiger partial charge in [0.25, 0.3) is 0 Å². The predicted octanol–water partition coefficient (Wildman–Crippen LogP) is 6.34. The molecule has 0 fully saturated rings. The molecule has 4 aromatic rings. The minimum absolute atomic E-state index is 0.156. The van der Waals surface area contributed by atoms with Crippen molar-refractivity contribution in [2.24, 2.45) is 0 Å². The number of nitrogens with two attached hydrogens (primary N) is 2. The minimum atomic E-state index is -3.70. The topological polar surface area (TPSA) is 105 Å². The first kappa shape index (κ1) is 22.7. The average molecular weight is 525 g/mol. The van der Waals surface area contributed by atoms with Crippen molar-refractivity contribution in [1.29, 1.82) is 0 Å². The van der Waals surface area contributed by atoms with E-state index in [1.54, 1.807) is 42.5 Å². The van der Waals surface area contributed by atoms with Crippen molar-refractivity contribution in [3.8, 4) is 23.0 Å². The summed E-state index contributed by atoms with van der Waals surface area (Å²) in [5, 5.41) is 0. The molecule has 0 radical (unpaired) electrons. The number of anilines is 2. The fourth-order valence-corrected chi connectivity index (χ4v) is 5.01. The lowest BCUT2D eigenvalue weighted by atomic mass is 10.2. The van der Waals surface area contributed by atoms with Crippen molar-refractivity contribution >= 4 is 37.1 Å². The maximum atomic E-state index is 13.0. The Bertz CT molecular complexity index is 1380. The van der Waals surface area contributed by atoms with Gasteiger partial charge in [0.15, 0.2) is 0 Å². The summed E-state index contributed by atoms with van der Waals surface area (Å²) >= 11 is 3.44. The Morgan fingerprint density at radius 3 is 1.67 bits per heavy atom. The zero-order valence-corrected chi connectivity index (χ0v) is 20.1. The van der Waals surface area contributed by atoms with Gasteiger partial charge in [0.05, 0.1) is 21.2 Å². The van der Waals surface area contributed by atoms with E-state index in [9.17, 15) is 8.42 Å². The fourth-order valence-electron chi connectivity index (χ4n) is 3.16. The number of hydrogen-bond donors (Lipinski definition) is 2. The van der Waals surface area contributed by atoms with Crippen LogP contribution in [0, 0.1) is 6.92 Å². The molecular weight excluding hydrogens is 504 g/mol. The van der Waals surface area contributed by atoms with Crippen molar-refractivity contribution in [2.75, 3.05) is 11.5 Å². The fraction of sp³-hybridized carbons (Fsp3) is 0.0400. The second-order valence-corrected chi connectivity index (χ2v) is 10.3. The highest BCUT2D eigenvalue weighted by molar-refractivity contribution is 9.10. The highest BCUT2D eigenvalue weighted by Gasteiger charge is 2.18. The highest BCUT2D eigenvalue weighted by atomic mass is 79.9. The third kappa shape index (κ3) is 5.30. The van der Waals surface area contributed by atoms with E-state index in [2.05, 4.69) is 15.9 Å². The van der Waals surface area contributed by atoms with E-state index < -0.39 is 9.84 Å². The monoisotopic (exact) mass is 524 g/mol. The van der Waals surface area contributed by atoms with Gasteiger partial charge in [-0.3, -0.25) is 0 Å².